The number of hydrogen-bond acceptors (Lipinski definition) is 4. The van der Waals surface area contributed by atoms with E-state index < -0.39 is 15.8 Å². The van der Waals surface area contributed by atoms with Gasteiger partial charge in [-0.15, -0.1) is 11.3 Å². The van der Waals surface area contributed by atoms with E-state index in [1.54, 1.807) is 13.0 Å². The summed E-state index contributed by atoms with van der Waals surface area (Å²) >= 11 is 7.02. The Kier molecular flexibility index (Phi) is 5.00. The molecule has 0 bridgehead atoms. The number of nitrogens with two attached hydrogens (primary N) is 1. The largest absolute Gasteiger partial charge is 0.326 e. The zero-order chi connectivity index (χ0) is 15.6. The second-order valence-electron chi connectivity index (χ2n) is 4.41. The highest BCUT2D eigenvalue weighted by Crippen LogP contribution is 2.25. The molecule has 0 amide bonds. The van der Waals surface area contributed by atoms with Crippen molar-refractivity contribution in [2.75, 3.05) is 0 Å². The molecule has 0 aliphatic carbocycles. The SMILES string of the molecule is Cc1sc(CN)cc1S(=O)(=O)NCc1ccc(F)c(Cl)c1. The molecular weight excluding hydrogens is 335 g/mol. The van der Waals surface area contributed by atoms with Crippen molar-refractivity contribution in [3.8, 4) is 0 Å². The number of rotatable bonds is 5. The van der Waals surface area contributed by atoms with E-state index in [4.69, 9.17) is 17.3 Å². The molecule has 0 radical (unpaired) electrons. The Morgan fingerprint density at radius 1 is 1.38 bits per heavy atom. The standard InChI is InChI=1S/C13H14ClFN2O2S2/c1-8-13(5-10(6-16)20-8)21(18,19)17-7-9-2-3-12(15)11(14)4-9/h2-5,17H,6-7,16H2,1H3. The van der Waals surface area contributed by atoms with Gasteiger partial charge < -0.3 is 5.73 Å². The highest BCUT2D eigenvalue weighted by molar-refractivity contribution is 7.89. The van der Waals surface area contributed by atoms with Crippen LogP contribution >= 0.6 is 22.9 Å². The molecule has 3 N–H and O–H groups in total. The smallest absolute Gasteiger partial charge is 0.241 e. The van der Waals surface area contributed by atoms with E-state index in [1.165, 1.54) is 29.5 Å². The summed E-state index contributed by atoms with van der Waals surface area (Å²) in [7, 11) is -3.63. The summed E-state index contributed by atoms with van der Waals surface area (Å²) in [6.07, 6.45) is 0. The van der Waals surface area contributed by atoms with Gasteiger partial charge in [0.05, 0.1) is 9.92 Å². The molecule has 21 heavy (non-hydrogen) atoms. The van der Waals surface area contributed by atoms with Gasteiger partial charge in [-0.25, -0.2) is 17.5 Å². The first kappa shape index (κ1) is 16.4. The van der Waals surface area contributed by atoms with Crippen LogP contribution in [0, 0.1) is 12.7 Å². The second-order valence-corrected chi connectivity index (χ2v) is 7.89. The molecule has 2 aromatic rings. The summed E-state index contributed by atoms with van der Waals surface area (Å²) in [6.45, 7) is 2.07. The topological polar surface area (TPSA) is 72.2 Å². The number of hydrogen-bond donors (Lipinski definition) is 2. The normalized spacial score (nSPS) is 11.8. The lowest BCUT2D eigenvalue weighted by atomic mass is 10.2. The van der Waals surface area contributed by atoms with E-state index in [0.717, 1.165) is 4.88 Å². The molecule has 1 heterocycles. The van der Waals surface area contributed by atoms with Gasteiger partial charge in [0, 0.05) is 22.8 Å². The predicted octanol–water partition coefficient (Wildman–Crippen LogP) is 2.79. The molecule has 0 saturated carbocycles. The lowest BCUT2D eigenvalue weighted by Gasteiger charge is -2.07. The number of thiophene rings is 1. The van der Waals surface area contributed by atoms with E-state index in [0.29, 0.717) is 17.0 Å². The van der Waals surface area contributed by atoms with Crippen molar-refractivity contribution < 1.29 is 12.8 Å². The fraction of sp³-hybridized carbons (Fsp3) is 0.231. The third kappa shape index (κ3) is 3.81. The van der Waals surface area contributed by atoms with Crippen LogP contribution in [0.5, 0.6) is 0 Å². The monoisotopic (exact) mass is 348 g/mol. The highest BCUT2D eigenvalue weighted by atomic mass is 35.5. The highest BCUT2D eigenvalue weighted by Gasteiger charge is 2.19. The number of benzene rings is 1. The lowest BCUT2D eigenvalue weighted by Crippen LogP contribution is -2.23. The molecule has 0 saturated heterocycles. The first-order valence-corrected chi connectivity index (χ1v) is 8.74. The minimum Gasteiger partial charge on any atom is -0.326 e. The Bertz CT molecular complexity index is 760. The number of halogens is 2. The zero-order valence-electron chi connectivity index (χ0n) is 11.2. The molecule has 0 aliphatic heterocycles. The van der Waals surface area contributed by atoms with Crippen molar-refractivity contribution in [3.05, 3.63) is 50.4 Å². The average molecular weight is 349 g/mol. The molecule has 0 fully saturated rings. The number of sulfonamides is 1. The van der Waals surface area contributed by atoms with E-state index in [-0.39, 0.29) is 16.5 Å². The number of aryl methyl sites for hydroxylation is 1. The molecule has 114 valence electrons. The maximum Gasteiger partial charge on any atom is 0.241 e. The minimum absolute atomic E-state index is 0.0373. The lowest BCUT2D eigenvalue weighted by molar-refractivity contribution is 0.581. The van der Waals surface area contributed by atoms with Crippen molar-refractivity contribution >= 4 is 33.0 Å². The molecular formula is C13H14ClFN2O2S2. The minimum atomic E-state index is -3.63. The van der Waals surface area contributed by atoms with Crippen molar-refractivity contribution in [2.24, 2.45) is 5.73 Å². The van der Waals surface area contributed by atoms with Crippen LogP contribution in [0.25, 0.3) is 0 Å². The van der Waals surface area contributed by atoms with E-state index in [1.807, 2.05) is 0 Å². The van der Waals surface area contributed by atoms with Crippen LogP contribution < -0.4 is 10.5 Å². The van der Waals surface area contributed by atoms with Crippen LogP contribution in [0.1, 0.15) is 15.3 Å². The summed E-state index contributed by atoms with van der Waals surface area (Å²) in [5, 5.41) is -0.0381. The first-order valence-electron chi connectivity index (χ1n) is 6.06. The van der Waals surface area contributed by atoms with Crippen molar-refractivity contribution in [2.45, 2.75) is 24.9 Å². The van der Waals surface area contributed by atoms with Crippen molar-refractivity contribution in [3.63, 3.8) is 0 Å². The third-order valence-electron chi connectivity index (χ3n) is 2.86. The van der Waals surface area contributed by atoms with Gasteiger partial charge in [-0.2, -0.15) is 0 Å². The first-order chi connectivity index (χ1) is 9.83. The Labute approximate surface area is 131 Å². The zero-order valence-corrected chi connectivity index (χ0v) is 13.6. The molecule has 0 atom stereocenters. The fourth-order valence-electron chi connectivity index (χ4n) is 1.80. The average Bonchev–Trinajstić information content (AvgIpc) is 2.82. The van der Waals surface area contributed by atoms with E-state index in [2.05, 4.69) is 4.72 Å². The summed E-state index contributed by atoms with van der Waals surface area (Å²) < 4.78 is 40.0. The molecule has 8 heteroatoms. The van der Waals surface area contributed by atoms with Gasteiger partial charge in [0.25, 0.3) is 0 Å². The molecule has 1 aromatic heterocycles. The fourth-order valence-corrected chi connectivity index (χ4v) is 4.53. The molecule has 1 aromatic carbocycles. The Morgan fingerprint density at radius 3 is 2.67 bits per heavy atom. The molecule has 0 aliphatic rings. The van der Waals surface area contributed by atoms with Gasteiger partial charge in [-0.05, 0) is 30.7 Å². The number of nitrogens with one attached hydrogen (secondary N) is 1. The van der Waals surface area contributed by atoms with Crippen LogP contribution in [-0.4, -0.2) is 8.42 Å². The summed E-state index contributed by atoms with van der Waals surface area (Å²) in [4.78, 5) is 1.71. The van der Waals surface area contributed by atoms with Crippen molar-refractivity contribution in [1.82, 2.24) is 4.72 Å². The van der Waals surface area contributed by atoms with Gasteiger partial charge in [0.15, 0.2) is 0 Å². The van der Waals surface area contributed by atoms with Crippen LogP contribution in [-0.2, 0) is 23.1 Å². The summed E-state index contributed by atoms with van der Waals surface area (Å²) in [5.41, 5.74) is 6.10. The quantitative estimate of drug-likeness (QED) is 0.872. The maximum atomic E-state index is 13.1. The van der Waals surface area contributed by atoms with E-state index >= 15 is 0 Å². The van der Waals surface area contributed by atoms with Crippen LogP contribution in [0.3, 0.4) is 0 Å². The predicted molar refractivity (Wildman–Crippen MR) is 82.4 cm³/mol. The van der Waals surface area contributed by atoms with Crippen molar-refractivity contribution in [1.29, 1.82) is 0 Å². The summed E-state index contributed by atoms with van der Waals surface area (Å²) in [5.74, 6) is -0.537. The molecule has 0 unspecified atom stereocenters. The van der Waals surface area contributed by atoms with Gasteiger partial charge in [0.1, 0.15) is 5.82 Å². The molecule has 2 rings (SSSR count). The third-order valence-corrected chi connectivity index (χ3v) is 5.88. The Balaban J connectivity index is 2.17. The van der Waals surface area contributed by atoms with Gasteiger partial charge in [-0.1, -0.05) is 17.7 Å². The van der Waals surface area contributed by atoms with Gasteiger partial charge in [-0.3, -0.25) is 0 Å². The Morgan fingerprint density at radius 2 is 2.10 bits per heavy atom. The molecule has 4 nitrogen and oxygen atoms in total. The molecule has 0 spiro atoms. The van der Waals surface area contributed by atoms with E-state index in [9.17, 15) is 12.8 Å². The van der Waals surface area contributed by atoms with Gasteiger partial charge >= 0.3 is 0 Å². The maximum absolute atomic E-state index is 13.1. The van der Waals surface area contributed by atoms with Gasteiger partial charge in [0.2, 0.25) is 10.0 Å². The van der Waals surface area contributed by atoms with Crippen LogP contribution in [0.15, 0.2) is 29.2 Å². The Hall–Kier alpha value is -0.990. The van der Waals surface area contributed by atoms with Crippen LogP contribution in [0.4, 0.5) is 4.39 Å². The second kappa shape index (κ2) is 6.41. The summed E-state index contributed by atoms with van der Waals surface area (Å²) in [6, 6.07) is 5.65. The van der Waals surface area contributed by atoms with Crippen LogP contribution in [0.2, 0.25) is 5.02 Å².